The molecule has 0 aromatic heterocycles. The standard InChI is InChI=1S/C10H22N2/c1-8(2)7-12(3)10-5-4-9(11)6-10/h8-10H,4-7,11H2,1-3H3. The number of nitrogens with two attached hydrogens (primary N) is 1. The molecule has 1 rings (SSSR count). The topological polar surface area (TPSA) is 29.3 Å². The number of hydrogen-bond donors (Lipinski definition) is 1. The van der Waals surface area contributed by atoms with E-state index in [1.54, 1.807) is 0 Å². The molecule has 0 saturated heterocycles. The van der Waals surface area contributed by atoms with Gasteiger partial charge in [-0.1, -0.05) is 13.8 Å². The van der Waals surface area contributed by atoms with Crippen LogP contribution in [-0.2, 0) is 0 Å². The van der Waals surface area contributed by atoms with Gasteiger partial charge >= 0.3 is 0 Å². The average molecular weight is 170 g/mol. The molecule has 72 valence electrons. The van der Waals surface area contributed by atoms with Gasteiger partial charge in [-0.2, -0.15) is 0 Å². The van der Waals surface area contributed by atoms with E-state index in [0.29, 0.717) is 6.04 Å². The Morgan fingerprint density at radius 2 is 2.08 bits per heavy atom. The fraction of sp³-hybridized carbons (Fsp3) is 1.00. The van der Waals surface area contributed by atoms with E-state index < -0.39 is 0 Å². The van der Waals surface area contributed by atoms with E-state index in [9.17, 15) is 0 Å². The van der Waals surface area contributed by atoms with Crippen molar-refractivity contribution in [1.82, 2.24) is 4.90 Å². The minimum Gasteiger partial charge on any atom is -0.328 e. The summed E-state index contributed by atoms with van der Waals surface area (Å²) in [5, 5.41) is 0. The maximum absolute atomic E-state index is 5.87. The fourth-order valence-electron chi connectivity index (χ4n) is 2.12. The molecule has 0 aromatic carbocycles. The number of nitrogens with zero attached hydrogens (tertiary/aromatic N) is 1. The van der Waals surface area contributed by atoms with Crippen LogP contribution < -0.4 is 5.73 Å². The summed E-state index contributed by atoms with van der Waals surface area (Å²) in [5.41, 5.74) is 5.87. The van der Waals surface area contributed by atoms with E-state index in [0.717, 1.165) is 12.0 Å². The molecule has 2 atom stereocenters. The molecule has 1 aliphatic rings. The molecule has 2 unspecified atom stereocenters. The van der Waals surface area contributed by atoms with E-state index in [-0.39, 0.29) is 0 Å². The van der Waals surface area contributed by atoms with Crippen LogP contribution in [0.25, 0.3) is 0 Å². The zero-order valence-corrected chi connectivity index (χ0v) is 8.59. The third-order valence-electron chi connectivity index (χ3n) is 2.72. The van der Waals surface area contributed by atoms with Crippen molar-refractivity contribution in [2.45, 2.75) is 45.2 Å². The Bertz CT molecular complexity index is 134. The monoisotopic (exact) mass is 170 g/mol. The van der Waals surface area contributed by atoms with Gasteiger partial charge in [0.25, 0.3) is 0 Å². The molecule has 1 aliphatic carbocycles. The van der Waals surface area contributed by atoms with E-state index in [1.165, 1.54) is 25.8 Å². The van der Waals surface area contributed by atoms with Gasteiger partial charge in [0.1, 0.15) is 0 Å². The first-order valence-electron chi connectivity index (χ1n) is 5.05. The van der Waals surface area contributed by atoms with Gasteiger partial charge in [-0.25, -0.2) is 0 Å². The highest BCUT2D eigenvalue weighted by molar-refractivity contribution is 4.83. The fourth-order valence-corrected chi connectivity index (χ4v) is 2.12. The lowest BCUT2D eigenvalue weighted by Crippen LogP contribution is -2.33. The Kier molecular flexibility index (Phi) is 3.53. The van der Waals surface area contributed by atoms with Gasteiger partial charge in [-0.15, -0.1) is 0 Å². The van der Waals surface area contributed by atoms with Gasteiger partial charge in [0.15, 0.2) is 0 Å². The largest absolute Gasteiger partial charge is 0.328 e. The van der Waals surface area contributed by atoms with Crippen LogP contribution in [0, 0.1) is 5.92 Å². The lowest BCUT2D eigenvalue weighted by Gasteiger charge is -2.25. The lowest BCUT2D eigenvalue weighted by atomic mass is 10.1. The van der Waals surface area contributed by atoms with Crippen molar-refractivity contribution < 1.29 is 0 Å². The molecule has 2 nitrogen and oxygen atoms in total. The summed E-state index contributed by atoms with van der Waals surface area (Å²) in [7, 11) is 2.22. The van der Waals surface area contributed by atoms with E-state index in [2.05, 4.69) is 25.8 Å². The summed E-state index contributed by atoms with van der Waals surface area (Å²) in [6.07, 6.45) is 3.71. The first-order valence-corrected chi connectivity index (χ1v) is 5.05. The Morgan fingerprint density at radius 3 is 2.50 bits per heavy atom. The van der Waals surface area contributed by atoms with E-state index in [4.69, 9.17) is 5.73 Å². The van der Waals surface area contributed by atoms with Crippen LogP contribution in [0.2, 0.25) is 0 Å². The Balaban J connectivity index is 2.28. The van der Waals surface area contributed by atoms with Crippen molar-refractivity contribution in [2.75, 3.05) is 13.6 Å². The molecule has 0 spiro atoms. The molecule has 0 bridgehead atoms. The maximum Gasteiger partial charge on any atom is 0.0108 e. The zero-order valence-electron chi connectivity index (χ0n) is 8.59. The highest BCUT2D eigenvalue weighted by Gasteiger charge is 2.24. The highest BCUT2D eigenvalue weighted by atomic mass is 15.1. The molecule has 1 fully saturated rings. The van der Waals surface area contributed by atoms with Gasteiger partial charge in [0, 0.05) is 18.6 Å². The SMILES string of the molecule is CC(C)CN(C)C1CCC(N)C1. The lowest BCUT2D eigenvalue weighted by molar-refractivity contribution is 0.219. The predicted octanol–water partition coefficient (Wildman–Crippen LogP) is 1.45. The number of rotatable bonds is 3. The summed E-state index contributed by atoms with van der Waals surface area (Å²) in [6, 6.07) is 1.21. The molecule has 2 N–H and O–H groups in total. The Morgan fingerprint density at radius 1 is 1.42 bits per heavy atom. The molecular weight excluding hydrogens is 148 g/mol. The van der Waals surface area contributed by atoms with Crippen molar-refractivity contribution in [1.29, 1.82) is 0 Å². The van der Waals surface area contributed by atoms with Crippen molar-refractivity contribution in [3.63, 3.8) is 0 Å². The second-order valence-electron chi connectivity index (χ2n) is 4.56. The van der Waals surface area contributed by atoms with Gasteiger partial charge in [-0.05, 0) is 32.2 Å². The summed E-state index contributed by atoms with van der Waals surface area (Å²) in [5.74, 6) is 0.770. The van der Waals surface area contributed by atoms with Gasteiger partial charge < -0.3 is 10.6 Å². The molecule has 0 aliphatic heterocycles. The molecule has 12 heavy (non-hydrogen) atoms. The van der Waals surface area contributed by atoms with Crippen LogP contribution in [0.3, 0.4) is 0 Å². The van der Waals surface area contributed by atoms with Gasteiger partial charge in [0.2, 0.25) is 0 Å². The van der Waals surface area contributed by atoms with Gasteiger partial charge in [-0.3, -0.25) is 0 Å². The minimum absolute atomic E-state index is 0.463. The normalized spacial score (nSPS) is 30.5. The zero-order chi connectivity index (χ0) is 9.14. The third-order valence-corrected chi connectivity index (χ3v) is 2.72. The molecule has 1 saturated carbocycles. The third kappa shape index (κ3) is 2.76. The summed E-state index contributed by atoms with van der Waals surface area (Å²) >= 11 is 0. The molecule has 0 amide bonds. The predicted molar refractivity (Wildman–Crippen MR) is 53.1 cm³/mol. The second kappa shape index (κ2) is 4.24. The van der Waals surface area contributed by atoms with Crippen molar-refractivity contribution >= 4 is 0 Å². The van der Waals surface area contributed by atoms with Crippen LogP contribution in [-0.4, -0.2) is 30.6 Å². The summed E-state index contributed by atoms with van der Waals surface area (Å²) < 4.78 is 0. The van der Waals surface area contributed by atoms with Crippen LogP contribution in [0.15, 0.2) is 0 Å². The van der Waals surface area contributed by atoms with Crippen LogP contribution in [0.4, 0.5) is 0 Å². The highest BCUT2D eigenvalue weighted by Crippen LogP contribution is 2.22. The van der Waals surface area contributed by atoms with E-state index >= 15 is 0 Å². The molecule has 0 aromatic rings. The summed E-state index contributed by atoms with van der Waals surface area (Å²) in [6.45, 7) is 5.74. The number of hydrogen-bond acceptors (Lipinski definition) is 2. The van der Waals surface area contributed by atoms with Crippen molar-refractivity contribution in [2.24, 2.45) is 11.7 Å². The maximum atomic E-state index is 5.87. The van der Waals surface area contributed by atoms with Crippen LogP contribution in [0.5, 0.6) is 0 Å². The second-order valence-corrected chi connectivity index (χ2v) is 4.56. The molecular formula is C10H22N2. The average Bonchev–Trinajstić information content (AvgIpc) is 2.34. The van der Waals surface area contributed by atoms with E-state index in [1.807, 2.05) is 0 Å². The van der Waals surface area contributed by atoms with Crippen molar-refractivity contribution in [3.05, 3.63) is 0 Å². The summed E-state index contributed by atoms with van der Waals surface area (Å²) in [4.78, 5) is 2.47. The molecule has 0 radical (unpaired) electrons. The molecule has 2 heteroatoms. The smallest absolute Gasteiger partial charge is 0.0108 e. The van der Waals surface area contributed by atoms with Crippen molar-refractivity contribution in [3.8, 4) is 0 Å². The Labute approximate surface area is 76.1 Å². The Hall–Kier alpha value is -0.0800. The van der Waals surface area contributed by atoms with Gasteiger partial charge in [0.05, 0.1) is 0 Å². The van der Waals surface area contributed by atoms with Crippen LogP contribution in [0.1, 0.15) is 33.1 Å². The van der Waals surface area contributed by atoms with Crippen LogP contribution >= 0.6 is 0 Å². The molecule has 0 heterocycles. The first kappa shape index (κ1) is 10.0. The quantitative estimate of drug-likeness (QED) is 0.694. The first-order chi connectivity index (χ1) is 5.59. The minimum atomic E-state index is 0.463.